The van der Waals surface area contributed by atoms with E-state index < -0.39 is 11.5 Å². The molecule has 0 aliphatic heterocycles. The van der Waals surface area contributed by atoms with Gasteiger partial charge in [-0.3, -0.25) is 4.79 Å². The van der Waals surface area contributed by atoms with E-state index >= 15 is 0 Å². The van der Waals surface area contributed by atoms with Crippen LogP contribution in [0.3, 0.4) is 0 Å². The number of aryl methyl sites for hydroxylation is 1. The largest absolute Gasteiger partial charge is 0.507 e. The Morgan fingerprint density at radius 3 is 2.64 bits per heavy atom. The predicted molar refractivity (Wildman–Crippen MR) is 95.0 cm³/mol. The zero-order chi connectivity index (χ0) is 18.0. The van der Waals surface area contributed by atoms with Crippen molar-refractivity contribution in [3.63, 3.8) is 0 Å². The first-order chi connectivity index (χ1) is 12.0. The quantitative estimate of drug-likeness (QED) is 0.568. The summed E-state index contributed by atoms with van der Waals surface area (Å²) in [6, 6.07) is 14.2. The molecule has 3 aromatic rings. The normalized spacial score (nSPS) is 11.5. The van der Waals surface area contributed by atoms with E-state index in [1.807, 2.05) is 30.3 Å². The zero-order valence-electron chi connectivity index (χ0n) is 13.7. The summed E-state index contributed by atoms with van der Waals surface area (Å²) in [5.74, 6) is -0.361. The minimum atomic E-state index is -0.710. The third-order valence-electron chi connectivity index (χ3n) is 3.78. The highest BCUT2D eigenvalue weighted by Crippen LogP contribution is 2.18. The van der Waals surface area contributed by atoms with Crippen LogP contribution in [0.1, 0.15) is 28.6 Å². The number of rotatable bonds is 3. The molecule has 6 heteroatoms. The number of benzene rings is 2. The van der Waals surface area contributed by atoms with Crippen LogP contribution in [-0.2, 0) is 0 Å². The molecule has 1 amide bonds. The van der Waals surface area contributed by atoms with Crippen LogP contribution in [0, 0.1) is 6.92 Å². The molecule has 0 spiro atoms. The van der Waals surface area contributed by atoms with Crippen LogP contribution < -0.4 is 11.1 Å². The number of hydrogen-bond donors (Lipinski definition) is 2. The highest BCUT2D eigenvalue weighted by atomic mass is 16.4. The molecule has 0 fully saturated rings. The van der Waals surface area contributed by atoms with Gasteiger partial charge in [0.15, 0.2) is 0 Å². The average molecular weight is 336 g/mol. The highest BCUT2D eigenvalue weighted by Gasteiger charge is 2.14. The Balaban J connectivity index is 1.91. The van der Waals surface area contributed by atoms with E-state index in [0.717, 1.165) is 10.8 Å². The molecule has 0 saturated carbocycles. The molecule has 1 heterocycles. The SMILES string of the molecule is CC(=NNC(=O)c1cccc2ccccc12)c1c(O)cc(C)oc1=O. The smallest absolute Gasteiger partial charge is 0.348 e. The third kappa shape index (κ3) is 3.28. The summed E-state index contributed by atoms with van der Waals surface area (Å²) < 4.78 is 4.95. The lowest BCUT2D eigenvalue weighted by Gasteiger charge is -2.06. The van der Waals surface area contributed by atoms with Crippen molar-refractivity contribution >= 4 is 22.4 Å². The van der Waals surface area contributed by atoms with Gasteiger partial charge in [0.05, 0.1) is 5.71 Å². The number of carbonyl (C=O) groups excluding carboxylic acids is 1. The molecule has 0 bridgehead atoms. The minimum absolute atomic E-state index is 0.0798. The molecular weight excluding hydrogens is 320 g/mol. The topological polar surface area (TPSA) is 91.9 Å². The number of hydrogen-bond acceptors (Lipinski definition) is 5. The second kappa shape index (κ2) is 6.60. The van der Waals surface area contributed by atoms with Crippen LogP contribution in [0.5, 0.6) is 5.75 Å². The number of fused-ring (bicyclic) bond motifs is 1. The van der Waals surface area contributed by atoms with Gasteiger partial charge in [-0.1, -0.05) is 36.4 Å². The van der Waals surface area contributed by atoms with E-state index in [1.54, 1.807) is 19.1 Å². The highest BCUT2D eigenvalue weighted by molar-refractivity contribution is 6.08. The Bertz CT molecular complexity index is 1050. The Morgan fingerprint density at radius 2 is 1.88 bits per heavy atom. The van der Waals surface area contributed by atoms with Crippen molar-refractivity contribution in [2.45, 2.75) is 13.8 Å². The standard InChI is InChI=1S/C19H16N2O4/c1-11-10-16(22)17(19(24)25-11)12(2)20-21-18(23)15-9-5-7-13-6-3-4-8-14(13)15/h3-10,22H,1-2H3,(H,21,23). The fourth-order valence-electron chi connectivity index (χ4n) is 2.60. The Hall–Kier alpha value is -3.41. The van der Waals surface area contributed by atoms with Crippen molar-refractivity contribution in [3.8, 4) is 5.75 Å². The van der Waals surface area contributed by atoms with Crippen LogP contribution in [0.25, 0.3) is 10.8 Å². The van der Waals surface area contributed by atoms with Gasteiger partial charge in [-0.25, -0.2) is 10.2 Å². The molecule has 0 radical (unpaired) electrons. The first-order valence-electron chi connectivity index (χ1n) is 7.64. The number of carbonyl (C=O) groups is 1. The Kier molecular flexibility index (Phi) is 4.35. The molecule has 25 heavy (non-hydrogen) atoms. The fourth-order valence-corrected chi connectivity index (χ4v) is 2.60. The van der Waals surface area contributed by atoms with Crippen LogP contribution in [-0.4, -0.2) is 16.7 Å². The number of amides is 1. The molecule has 3 rings (SSSR count). The van der Waals surface area contributed by atoms with Crippen molar-refractivity contribution in [1.29, 1.82) is 0 Å². The second-order valence-corrected chi connectivity index (χ2v) is 5.57. The molecule has 6 nitrogen and oxygen atoms in total. The van der Waals surface area contributed by atoms with Crippen molar-refractivity contribution in [1.82, 2.24) is 5.43 Å². The van der Waals surface area contributed by atoms with Gasteiger partial charge in [-0.2, -0.15) is 5.10 Å². The maximum absolute atomic E-state index is 12.4. The maximum Gasteiger partial charge on any atom is 0.348 e. The summed E-state index contributed by atoms with van der Waals surface area (Å²) in [6.45, 7) is 3.06. The molecule has 126 valence electrons. The van der Waals surface area contributed by atoms with E-state index in [0.29, 0.717) is 11.3 Å². The maximum atomic E-state index is 12.4. The van der Waals surface area contributed by atoms with E-state index in [-0.39, 0.29) is 17.0 Å². The molecular formula is C19H16N2O4. The monoisotopic (exact) mass is 336 g/mol. The van der Waals surface area contributed by atoms with E-state index in [1.165, 1.54) is 13.0 Å². The van der Waals surface area contributed by atoms with Gasteiger partial charge in [0.1, 0.15) is 17.1 Å². The molecule has 0 saturated heterocycles. The summed E-state index contributed by atoms with van der Waals surface area (Å²) in [5, 5.41) is 15.6. The van der Waals surface area contributed by atoms with Gasteiger partial charge < -0.3 is 9.52 Å². The van der Waals surface area contributed by atoms with Gasteiger partial charge in [0, 0.05) is 11.6 Å². The molecule has 1 aromatic heterocycles. The average Bonchev–Trinajstić information content (AvgIpc) is 2.58. The lowest BCUT2D eigenvalue weighted by molar-refractivity contribution is 0.0956. The summed E-state index contributed by atoms with van der Waals surface area (Å²) in [6.07, 6.45) is 0. The molecule has 0 aliphatic rings. The molecule has 2 aromatic carbocycles. The van der Waals surface area contributed by atoms with Crippen molar-refractivity contribution in [2.75, 3.05) is 0 Å². The molecule has 0 atom stereocenters. The molecule has 0 aliphatic carbocycles. The summed E-state index contributed by atoms with van der Waals surface area (Å²) in [5.41, 5.74) is 2.25. The minimum Gasteiger partial charge on any atom is -0.507 e. The van der Waals surface area contributed by atoms with Gasteiger partial charge in [-0.05, 0) is 30.7 Å². The van der Waals surface area contributed by atoms with Gasteiger partial charge in [-0.15, -0.1) is 0 Å². The van der Waals surface area contributed by atoms with Crippen LogP contribution in [0.15, 0.2) is 62.8 Å². The third-order valence-corrected chi connectivity index (χ3v) is 3.78. The van der Waals surface area contributed by atoms with Crippen LogP contribution >= 0.6 is 0 Å². The summed E-state index contributed by atoms with van der Waals surface area (Å²) in [4.78, 5) is 24.3. The van der Waals surface area contributed by atoms with Crippen LogP contribution in [0.2, 0.25) is 0 Å². The molecule has 0 unspecified atom stereocenters. The molecule has 2 N–H and O–H groups in total. The number of hydrazone groups is 1. The summed E-state index contributed by atoms with van der Waals surface area (Å²) >= 11 is 0. The summed E-state index contributed by atoms with van der Waals surface area (Å²) in [7, 11) is 0. The Morgan fingerprint density at radius 1 is 1.16 bits per heavy atom. The number of nitrogens with zero attached hydrogens (tertiary/aromatic N) is 1. The van der Waals surface area contributed by atoms with Crippen molar-refractivity contribution in [3.05, 3.63) is 75.8 Å². The fraction of sp³-hybridized carbons (Fsp3) is 0.105. The van der Waals surface area contributed by atoms with E-state index in [9.17, 15) is 14.7 Å². The van der Waals surface area contributed by atoms with Crippen molar-refractivity contribution in [2.24, 2.45) is 5.10 Å². The first kappa shape index (κ1) is 16.4. The van der Waals surface area contributed by atoms with Gasteiger partial charge >= 0.3 is 5.63 Å². The first-order valence-corrected chi connectivity index (χ1v) is 7.64. The Labute approximate surface area is 143 Å². The van der Waals surface area contributed by atoms with Crippen LogP contribution in [0.4, 0.5) is 0 Å². The second-order valence-electron chi connectivity index (χ2n) is 5.57. The lowest BCUT2D eigenvalue weighted by Crippen LogP contribution is -2.22. The predicted octanol–water partition coefficient (Wildman–Crippen LogP) is 2.96. The van der Waals surface area contributed by atoms with Crippen molar-refractivity contribution < 1.29 is 14.3 Å². The van der Waals surface area contributed by atoms with E-state index in [2.05, 4.69) is 10.5 Å². The number of aromatic hydroxyl groups is 1. The van der Waals surface area contributed by atoms with Gasteiger partial charge in [0.25, 0.3) is 5.91 Å². The van der Waals surface area contributed by atoms with E-state index in [4.69, 9.17) is 4.42 Å². The zero-order valence-corrected chi connectivity index (χ0v) is 13.7. The van der Waals surface area contributed by atoms with Gasteiger partial charge in [0.2, 0.25) is 0 Å². The lowest BCUT2D eigenvalue weighted by atomic mass is 10.0. The number of nitrogens with one attached hydrogen (secondary N) is 1.